The number of halogens is 1. The van der Waals surface area contributed by atoms with Gasteiger partial charge in [-0.05, 0) is 42.0 Å². The van der Waals surface area contributed by atoms with Gasteiger partial charge in [0.2, 0.25) is 16.9 Å². The van der Waals surface area contributed by atoms with Crippen LogP contribution in [0.2, 0.25) is 0 Å². The Bertz CT molecular complexity index is 978. The zero-order valence-electron chi connectivity index (χ0n) is 15.3. The maximum absolute atomic E-state index is 12.2. The van der Waals surface area contributed by atoms with Gasteiger partial charge in [-0.2, -0.15) is 0 Å². The molecule has 0 aliphatic rings. The topological polar surface area (TPSA) is 93.2 Å². The lowest BCUT2D eigenvalue weighted by atomic mass is 10.1. The molecule has 3 rings (SSSR count). The number of nitrogens with one attached hydrogen (secondary N) is 2. The second kappa shape index (κ2) is 10.4. The molecule has 0 atom stereocenters. The van der Waals surface area contributed by atoms with Gasteiger partial charge in [-0.15, -0.1) is 10.2 Å². The van der Waals surface area contributed by atoms with Crippen LogP contribution in [-0.4, -0.2) is 34.9 Å². The number of aromatic nitrogens is 2. The van der Waals surface area contributed by atoms with E-state index in [1.807, 2.05) is 48.5 Å². The monoisotopic (exact) mass is 492 g/mol. The summed E-state index contributed by atoms with van der Waals surface area (Å²) in [5.41, 5.74) is 1.59. The molecule has 10 heteroatoms. The van der Waals surface area contributed by atoms with Crippen LogP contribution in [0.25, 0.3) is 0 Å². The minimum Gasteiger partial charge on any atom is -0.497 e. The van der Waals surface area contributed by atoms with Crippen molar-refractivity contribution in [3.05, 3.63) is 58.6 Å². The van der Waals surface area contributed by atoms with Crippen LogP contribution < -0.4 is 15.4 Å². The Hall–Kier alpha value is -2.43. The number of ether oxygens (including phenoxy) is 1. The number of carbonyl (C=O) groups is 2. The smallest absolute Gasteiger partial charge is 0.234 e. The van der Waals surface area contributed by atoms with Crippen molar-refractivity contribution in [3.63, 3.8) is 0 Å². The molecule has 150 valence electrons. The van der Waals surface area contributed by atoms with Gasteiger partial charge in [-0.1, -0.05) is 51.2 Å². The van der Waals surface area contributed by atoms with Crippen molar-refractivity contribution in [1.29, 1.82) is 0 Å². The minimum atomic E-state index is -0.184. The molecule has 0 aliphatic carbocycles. The van der Waals surface area contributed by atoms with E-state index in [0.29, 0.717) is 9.47 Å². The maximum Gasteiger partial charge on any atom is 0.234 e. The minimum absolute atomic E-state index is 0.141. The molecular weight excluding hydrogens is 476 g/mol. The zero-order chi connectivity index (χ0) is 20.6. The van der Waals surface area contributed by atoms with E-state index in [0.717, 1.165) is 21.5 Å². The summed E-state index contributed by atoms with van der Waals surface area (Å²) in [6, 6.07) is 14.6. The van der Waals surface area contributed by atoms with Gasteiger partial charge in [-0.25, -0.2) is 0 Å². The van der Waals surface area contributed by atoms with Gasteiger partial charge in [0.25, 0.3) is 0 Å². The normalized spacial score (nSPS) is 10.4. The van der Waals surface area contributed by atoms with Crippen molar-refractivity contribution >= 4 is 61.7 Å². The van der Waals surface area contributed by atoms with Crippen LogP contribution in [0, 0.1) is 0 Å². The highest BCUT2D eigenvalue weighted by Gasteiger charge is 2.11. The highest BCUT2D eigenvalue weighted by Crippen LogP contribution is 2.26. The Balaban J connectivity index is 1.45. The fraction of sp³-hybridized carbons (Fsp3) is 0.158. The van der Waals surface area contributed by atoms with Gasteiger partial charge in [-0.3, -0.25) is 9.59 Å². The summed E-state index contributed by atoms with van der Waals surface area (Å²) in [7, 11) is 1.59. The molecule has 0 fully saturated rings. The Morgan fingerprint density at radius 3 is 2.45 bits per heavy atom. The SMILES string of the molecule is COc1ccc(CC(=O)Nc2nnc(SCC(=O)Nc3ccc(Br)cc3)s2)cc1. The van der Waals surface area contributed by atoms with E-state index in [4.69, 9.17) is 4.74 Å². The summed E-state index contributed by atoms with van der Waals surface area (Å²) in [5, 5.41) is 13.9. The van der Waals surface area contributed by atoms with Crippen molar-refractivity contribution < 1.29 is 14.3 Å². The molecule has 0 aliphatic heterocycles. The summed E-state index contributed by atoms with van der Waals surface area (Å²) < 4.78 is 6.65. The third-order valence-electron chi connectivity index (χ3n) is 3.63. The molecule has 0 saturated heterocycles. The number of rotatable bonds is 8. The molecule has 1 heterocycles. The quantitative estimate of drug-likeness (QED) is 0.361. The second-order valence-electron chi connectivity index (χ2n) is 5.79. The Kier molecular flexibility index (Phi) is 7.62. The first-order valence-corrected chi connectivity index (χ1v) is 11.1. The number of hydrogen-bond acceptors (Lipinski definition) is 7. The fourth-order valence-corrected chi connectivity index (χ4v) is 4.10. The third kappa shape index (κ3) is 6.84. The molecule has 0 bridgehead atoms. The molecule has 2 amide bonds. The fourth-order valence-electron chi connectivity index (χ4n) is 2.27. The Morgan fingerprint density at radius 2 is 1.76 bits per heavy atom. The van der Waals surface area contributed by atoms with Crippen LogP contribution in [0.4, 0.5) is 10.8 Å². The number of thioether (sulfide) groups is 1. The molecule has 1 aromatic heterocycles. The lowest BCUT2D eigenvalue weighted by Crippen LogP contribution is -2.14. The number of anilines is 2. The summed E-state index contributed by atoms with van der Waals surface area (Å²) in [4.78, 5) is 24.2. The van der Waals surface area contributed by atoms with Gasteiger partial charge < -0.3 is 15.4 Å². The van der Waals surface area contributed by atoms with Crippen molar-refractivity contribution in [2.24, 2.45) is 0 Å². The van der Waals surface area contributed by atoms with Gasteiger partial charge in [0.1, 0.15) is 5.75 Å². The van der Waals surface area contributed by atoms with Crippen molar-refractivity contribution in [2.75, 3.05) is 23.5 Å². The molecule has 7 nitrogen and oxygen atoms in total. The van der Waals surface area contributed by atoms with Crippen LogP contribution in [-0.2, 0) is 16.0 Å². The lowest BCUT2D eigenvalue weighted by molar-refractivity contribution is -0.115. The zero-order valence-corrected chi connectivity index (χ0v) is 18.6. The highest BCUT2D eigenvalue weighted by molar-refractivity contribution is 9.10. The average Bonchev–Trinajstić information content (AvgIpc) is 3.16. The molecule has 0 radical (unpaired) electrons. The number of carbonyl (C=O) groups excluding carboxylic acids is 2. The van der Waals surface area contributed by atoms with Crippen molar-refractivity contribution in [2.45, 2.75) is 10.8 Å². The summed E-state index contributed by atoms with van der Waals surface area (Å²) in [6.07, 6.45) is 0.224. The van der Waals surface area contributed by atoms with E-state index in [1.165, 1.54) is 23.1 Å². The van der Waals surface area contributed by atoms with Crippen LogP contribution in [0.15, 0.2) is 57.3 Å². The molecule has 2 N–H and O–H groups in total. The third-order valence-corrected chi connectivity index (χ3v) is 6.13. The first kappa shape index (κ1) is 21.3. The van der Waals surface area contributed by atoms with Crippen molar-refractivity contribution in [1.82, 2.24) is 10.2 Å². The maximum atomic E-state index is 12.2. The Morgan fingerprint density at radius 1 is 1.03 bits per heavy atom. The number of methoxy groups -OCH3 is 1. The van der Waals surface area contributed by atoms with E-state index in [2.05, 4.69) is 36.8 Å². The average molecular weight is 493 g/mol. The first-order valence-electron chi connectivity index (χ1n) is 8.46. The number of amides is 2. The molecular formula is C19H17BrN4O3S2. The molecule has 2 aromatic carbocycles. The number of benzene rings is 2. The van der Waals surface area contributed by atoms with Crippen molar-refractivity contribution in [3.8, 4) is 5.75 Å². The van der Waals surface area contributed by atoms with Crippen LogP contribution in [0.1, 0.15) is 5.56 Å². The van der Waals surface area contributed by atoms with E-state index in [-0.39, 0.29) is 24.0 Å². The van der Waals surface area contributed by atoms with E-state index in [1.54, 1.807) is 7.11 Å². The molecule has 3 aromatic rings. The first-order chi connectivity index (χ1) is 14.0. The predicted molar refractivity (Wildman–Crippen MR) is 119 cm³/mol. The van der Waals surface area contributed by atoms with Crippen LogP contribution >= 0.6 is 39.0 Å². The van der Waals surface area contributed by atoms with Crippen LogP contribution in [0.5, 0.6) is 5.75 Å². The van der Waals surface area contributed by atoms with E-state index >= 15 is 0 Å². The molecule has 0 spiro atoms. The summed E-state index contributed by atoms with van der Waals surface area (Å²) in [5.74, 6) is 0.613. The molecule has 0 unspecified atom stereocenters. The van der Waals surface area contributed by atoms with Gasteiger partial charge in [0.15, 0.2) is 4.34 Å². The van der Waals surface area contributed by atoms with Gasteiger partial charge in [0.05, 0.1) is 19.3 Å². The second-order valence-corrected chi connectivity index (χ2v) is 8.91. The number of nitrogens with zero attached hydrogens (tertiary/aromatic N) is 2. The number of hydrogen-bond donors (Lipinski definition) is 2. The summed E-state index contributed by atoms with van der Waals surface area (Å²) in [6.45, 7) is 0. The standard InChI is InChI=1S/C19H17BrN4O3S2/c1-27-15-8-2-12(3-9-15)10-16(25)22-18-23-24-19(29-18)28-11-17(26)21-14-6-4-13(20)5-7-14/h2-9H,10-11H2,1H3,(H,21,26)(H,22,23,25). The molecule has 0 saturated carbocycles. The Labute approximate surface area is 184 Å². The van der Waals surface area contributed by atoms with Gasteiger partial charge in [0, 0.05) is 10.2 Å². The van der Waals surface area contributed by atoms with E-state index in [9.17, 15) is 9.59 Å². The lowest BCUT2D eigenvalue weighted by Gasteiger charge is -2.04. The predicted octanol–water partition coefficient (Wildman–Crippen LogP) is 4.22. The van der Waals surface area contributed by atoms with Gasteiger partial charge >= 0.3 is 0 Å². The summed E-state index contributed by atoms with van der Waals surface area (Å²) >= 11 is 5.85. The highest BCUT2D eigenvalue weighted by atomic mass is 79.9. The molecule has 29 heavy (non-hydrogen) atoms. The van der Waals surface area contributed by atoms with E-state index < -0.39 is 0 Å². The largest absolute Gasteiger partial charge is 0.497 e. The van der Waals surface area contributed by atoms with Crippen LogP contribution in [0.3, 0.4) is 0 Å².